The van der Waals surface area contributed by atoms with E-state index in [2.05, 4.69) is 0 Å². The highest BCUT2D eigenvalue weighted by molar-refractivity contribution is 5.78. The average Bonchev–Trinajstić information content (AvgIpc) is 2.96. The molecule has 1 aromatic heterocycles. The molecular formula is C15H20F3NO3. The van der Waals surface area contributed by atoms with Crippen molar-refractivity contribution in [2.24, 2.45) is 5.92 Å². The molecule has 1 saturated heterocycles. The number of nitrogens with zero attached hydrogens (tertiary/aromatic N) is 1. The molecule has 3 unspecified atom stereocenters. The van der Waals surface area contributed by atoms with E-state index in [1.807, 2.05) is 6.92 Å². The molecular weight excluding hydrogens is 299 g/mol. The maximum absolute atomic E-state index is 13.3. The minimum atomic E-state index is -5.00. The number of carbonyl (C=O) groups is 1. The summed E-state index contributed by atoms with van der Waals surface area (Å²) in [5, 5.41) is 10.1. The molecule has 1 N–H and O–H groups in total. The molecule has 4 nitrogen and oxygen atoms in total. The van der Waals surface area contributed by atoms with Crippen molar-refractivity contribution in [1.29, 1.82) is 0 Å². The van der Waals surface area contributed by atoms with Gasteiger partial charge in [-0.05, 0) is 38.3 Å². The first-order valence-corrected chi connectivity index (χ1v) is 7.22. The predicted molar refractivity (Wildman–Crippen MR) is 73.0 cm³/mol. The number of aryl methyl sites for hydroxylation is 1. The number of hydrogen-bond donors (Lipinski definition) is 1. The van der Waals surface area contributed by atoms with Gasteiger partial charge in [0.1, 0.15) is 11.5 Å². The lowest BCUT2D eigenvalue weighted by atomic mass is 9.94. The monoisotopic (exact) mass is 319 g/mol. The first-order valence-electron chi connectivity index (χ1n) is 7.22. The molecule has 2 rings (SSSR count). The molecule has 0 bridgehead atoms. The van der Waals surface area contributed by atoms with Gasteiger partial charge in [0.15, 0.2) is 0 Å². The van der Waals surface area contributed by atoms with Crippen molar-refractivity contribution in [2.75, 3.05) is 6.54 Å². The Morgan fingerprint density at radius 3 is 2.45 bits per heavy atom. The van der Waals surface area contributed by atoms with Crippen molar-refractivity contribution in [2.45, 2.75) is 51.4 Å². The second kappa shape index (κ2) is 5.61. The fourth-order valence-corrected chi connectivity index (χ4v) is 2.75. The van der Waals surface area contributed by atoms with E-state index in [-0.39, 0.29) is 17.7 Å². The maximum Gasteiger partial charge on any atom is 0.425 e. The first-order chi connectivity index (χ1) is 10.1. The van der Waals surface area contributed by atoms with Crippen molar-refractivity contribution >= 4 is 5.91 Å². The molecule has 7 heteroatoms. The first kappa shape index (κ1) is 16.9. The molecule has 22 heavy (non-hydrogen) atoms. The third kappa shape index (κ3) is 2.86. The molecule has 1 aliphatic rings. The van der Waals surface area contributed by atoms with Gasteiger partial charge in [0.05, 0.1) is 6.42 Å². The molecule has 1 fully saturated rings. The Balaban J connectivity index is 2.27. The Hall–Kier alpha value is -1.50. The van der Waals surface area contributed by atoms with E-state index in [4.69, 9.17) is 4.42 Å². The lowest BCUT2D eigenvalue weighted by Gasteiger charge is -2.31. The van der Waals surface area contributed by atoms with Crippen molar-refractivity contribution in [3.63, 3.8) is 0 Å². The van der Waals surface area contributed by atoms with E-state index >= 15 is 0 Å². The Bertz CT molecular complexity index is 554. The number of rotatable bonds is 3. The van der Waals surface area contributed by atoms with Crippen LogP contribution < -0.4 is 0 Å². The number of halogens is 3. The molecule has 0 saturated carbocycles. The molecule has 3 atom stereocenters. The lowest BCUT2D eigenvalue weighted by Crippen LogP contribution is -2.47. The van der Waals surface area contributed by atoms with E-state index in [0.717, 1.165) is 12.5 Å². The van der Waals surface area contributed by atoms with Gasteiger partial charge in [0, 0.05) is 12.6 Å². The zero-order valence-corrected chi connectivity index (χ0v) is 12.8. The summed E-state index contributed by atoms with van der Waals surface area (Å²) in [6.45, 7) is 5.64. The second-order valence-electron chi connectivity index (χ2n) is 6.04. The van der Waals surface area contributed by atoms with Gasteiger partial charge in [0.2, 0.25) is 11.5 Å². The van der Waals surface area contributed by atoms with Crippen LogP contribution in [0.15, 0.2) is 16.5 Å². The van der Waals surface area contributed by atoms with Crippen molar-refractivity contribution < 1.29 is 27.5 Å². The Kier molecular flexibility index (Phi) is 4.30. The molecule has 1 aromatic rings. The predicted octanol–water partition coefficient (Wildman–Crippen LogP) is 2.98. The third-order valence-corrected chi connectivity index (χ3v) is 4.48. The summed E-state index contributed by atoms with van der Waals surface area (Å²) < 4.78 is 45.0. The molecule has 2 heterocycles. The quantitative estimate of drug-likeness (QED) is 0.932. The zero-order chi connectivity index (χ0) is 16.7. The van der Waals surface area contributed by atoms with Crippen LogP contribution >= 0.6 is 0 Å². The maximum atomic E-state index is 13.3. The molecule has 0 aliphatic carbocycles. The summed E-state index contributed by atoms with van der Waals surface area (Å²) >= 11 is 0. The minimum Gasteiger partial charge on any atom is -0.463 e. The number of hydrogen-bond acceptors (Lipinski definition) is 3. The van der Waals surface area contributed by atoms with E-state index in [9.17, 15) is 23.1 Å². The normalized spacial score (nSPS) is 25.3. The van der Waals surface area contributed by atoms with E-state index < -0.39 is 29.9 Å². The molecule has 0 spiro atoms. The highest BCUT2D eigenvalue weighted by atomic mass is 19.4. The van der Waals surface area contributed by atoms with E-state index in [0.29, 0.717) is 6.54 Å². The number of aliphatic hydroxyl groups is 1. The molecule has 1 aliphatic heterocycles. The van der Waals surface area contributed by atoms with Crippen molar-refractivity contribution in [3.05, 3.63) is 23.7 Å². The summed E-state index contributed by atoms with van der Waals surface area (Å²) in [7, 11) is 0. The summed E-state index contributed by atoms with van der Waals surface area (Å²) in [6, 6.07) is 2.26. The SMILES string of the molecule is Cc1ccc(C(O)(CC(=O)N2CCC(C)C2C)C(F)(F)F)o1. The summed E-state index contributed by atoms with van der Waals surface area (Å²) in [5.74, 6) is -0.890. The molecule has 1 amide bonds. The molecule has 124 valence electrons. The van der Waals surface area contributed by atoms with Crippen LogP contribution in [-0.4, -0.2) is 34.7 Å². The number of amides is 1. The van der Waals surface area contributed by atoms with Crippen LogP contribution in [0, 0.1) is 12.8 Å². The number of carbonyl (C=O) groups excluding carboxylic acids is 1. The van der Waals surface area contributed by atoms with Gasteiger partial charge < -0.3 is 14.4 Å². The van der Waals surface area contributed by atoms with Gasteiger partial charge in [-0.2, -0.15) is 13.2 Å². The fourth-order valence-electron chi connectivity index (χ4n) is 2.75. The van der Waals surface area contributed by atoms with Crippen molar-refractivity contribution in [3.8, 4) is 0 Å². The highest BCUT2D eigenvalue weighted by Gasteiger charge is 2.59. The molecule has 0 radical (unpaired) electrons. The summed E-state index contributed by atoms with van der Waals surface area (Å²) in [6.07, 6.45) is -5.32. The number of alkyl halides is 3. The van der Waals surface area contributed by atoms with Gasteiger partial charge >= 0.3 is 6.18 Å². The van der Waals surface area contributed by atoms with Crippen LogP contribution in [0.2, 0.25) is 0 Å². The summed E-state index contributed by atoms with van der Waals surface area (Å²) in [5.41, 5.74) is -3.30. The van der Waals surface area contributed by atoms with Gasteiger partial charge in [-0.15, -0.1) is 0 Å². The van der Waals surface area contributed by atoms with Crippen LogP contribution in [0.3, 0.4) is 0 Å². The van der Waals surface area contributed by atoms with Crippen molar-refractivity contribution in [1.82, 2.24) is 4.90 Å². The van der Waals surface area contributed by atoms with Crippen LogP contribution in [0.5, 0.6) is 0 Å². The number of furan rings is 1. The van der Waals surface area contributed by atoms with Gasteiger partial charge in [-0.1, -0.05) is 6.92 Å². The van der Waals surface area contributed by atoms with Crippen LogP contribution in [0.1, 0.15) is 38.2 Å². The van der Waals surface area contributed by atoms with Crippen LogP contribution in [0.25, 0.3) is 0 Å². The Labute approximate surface area is 126 Å². The van der Waals surface area contributed by atoms with Gasteiger partial charge in [-0.3, -0.25) is 4.79 Å². The highest BCUT2D eigenvalue weighted by Crippen LogP contribution is 2.43. The summed E-state index contributed by atoms with van der Waals surface area (Å²) in [4.78, 5) is 13.7. The number of likely N-dealkylation sites (tertiary alicyclic amines) is 1. The van der Waals surface area contributed by atoms with Gasteiger partial charge in [0.25, 0.3) is 0 Å². The topological polar surface area (TPSA) is 53.7 Å². The van der Waals surface area contributed by atoms with Gasteiger partial charge in [-0.25, -0.2) is 0 Å². The fraction of sp³-hybridized carbons (Fsp3) is 0.667. The van der Waals surface area contributed by atoms with E-state index in [1.165, 1.54) is 17.9 Å². The lowest BCUT2D eigenvalue weighted by molar-refractivity contribution is -0.274. The second-order valence-corrected chi connectivity index (χ2v) is 6.04. The Morgan fingerprint density at radius 2 is 2.05 bits per heavy atom. The largest absolute Gasteiger partial charge is 0.463 e. The van der Waals surface area contributed by atoms with Crippen LogP contribution in [-0.2, 0) is 10.4 Å². The van der Waals surface area contributed by atoms with E-state index in [1.54, 1.807) is 6.92 Å². The average molecular weight is 319 g/mol. The van der Waals surface area contributed by atoms with Crippen LogP contribution in [0.4, 0.5) is 13.2 Å². The standard InChI is InChI=1S/C15H20F3NO3/c1-9-6-7-19(11(9)3)13(20)8-14(21,15(16,17)18)12-5-4-10(2)22-12/h4-5,9,11,21H,6-8H2,1-3H3. The minimum absolute atomic E-state index is 0.136. The Morgan fingerprint density at radius 1 is 1.41 bits per heavy atom. The molecule has 0 aromatic carbocycles. The smallest absolute Gasteiger partial charge is 0.425 e. The third-order valence-electron chi connectivity index (χ3n) is 4.48. The zero-order valence-electron chi connectivity index (χ0n) is 12.8.